The first-order valence-electron chi connectivity index (χ1n) is 8.62. The van der Waals surface area contributed by atoms with Gasteiger partial charge in [-0.15, -0.1) is 0 Å². The predicted octanol–water partition coefficient (Wildman–Crippen LogP) is 3.69. The summed E-state index contributed by atoms with van der Waals surface area (Å²) in [4.78, 5) is 18.3. The van der Waals surface area contributed by atoms with E-state index < -0.39 is 21.9 Å². The molecule has 0 N–H and O–H groups in total. The van der Waals surface area contributed by atoms with Crippen LogP contribution in [0.25, 0.3) is 0 Å². The minimum absolute atomic E-state index is 0.0648. The van der Waals surface area contributed by atoms with E-state index >= 15 is 0 Å². The molecule has 0 spiro atoms. The van der Waals surface area contributed by atoms with E-state index in [0.29, 0.717) is 11.3 Å². The van der Waals surface area contributed by atoms with Gasteiger partial charge in [0.1, 0.15) is 16.5 Å². The Bertz CT molecular complexity index is 1200. The summed E-state index contributed by atoms with van der Waals surface area (Å²) in [6.45, 7) is -0.210. The molecule has 1 aliphatic rings. The highest BCUT2D eigenvalue weighted by molar-refractivity contribution is 7.90. The minimum atomic E-state index is -4.16. The van der Waals surface area contributed by atoms with Crippen molar-refractivity contribution >= 4 is 27.6 Å². The van der Waals surface area contributed by atoms with E-state index in [1.807, 2.05) is 0 Å². The van der Waals surface area contributed by atoms with Crippen LogP contribution < -0.4 is 9.64 Å². The number of rotatable bonds is 4. The molecule has 0 saturated heterocycles. The molecule has 29 heavy (non-hydrogen) atoms. The number of hydrogen-bond donors (Lipinski definition) is 0. The summed E-state index contributed by atoms with van der Waals surface area (Å²) in [7, 11) is -2.66. The number of carbonyl (C=O) groups is 1. The molecular formula is C20H16FN3O4S. The topological polar surface area (TPSA) is 79.8 Å². The molecule has 9 heteroatoms. The zero-order valence-corrected chi connectivity index (χ0v) is 16.1. The number of benzene rings is 2. The minimum Gasteiger partial charge on any atom is -0.497 e. The van der Waals surface area contributed by atoms with E-state index in [1.54, 1.807) is 24.3 Å². The number of amides is 2. The molecule has 2 aromatic carbocycles. The molecule has 7 nitrogen and oxygen atoms in total. The molecule has 148 valence electrons. The van der Waals surface area contributed by atoms with E-state index in [1.165, 1.54) is 43.6 Å². The van der Waals surface area contributed by atoms with Crippen molar-refractivity contribution in [3.63, 3.8) is 0 Å². The second kappa shape index (κ2) is 7.17. The molecule has 2 amide bonds. The quantitative estimate of drug-likeness (QED) is 0.652. The van der Waals surface area contributed by atoms with Gasteiger partial charge in [-0.1, -0.05) is 18.2 Å². The highest BCUT2D eigenvalue weighted by Gasteiger charge is 2.43. The normalized spacial score (nSPS) is 15.2. The van der Waals surface area contributed by atoms with Crippen LogP contribution in [0.4, 0.5) is 20.7 Å². The average Bonchev–Trinajstić information content (AvgIpc) is 2.72. The lowest BCUT2D eigenvalue weighted by Gasteiger charge is -2.35. The standard InChI is InChI=1S/C20H16FN3O4S/c1-28-17-8-2-5-14(11-17)13-23-20(25)24(16-7-3-6-15(21)12-16)19-18(29(23,26)27)9-4-10-22-19/h2-12H,13H2,1H3. The Kier molecular flexibility index (Phi) is 4.67. The first-order valence-corrected chi connectivity index (χ1v) is 10.1. The summed E-state index contributed by atoms with van der Waals surface area (Å²) < 4.78 is 46.0. The van der Waals surface area contributed by atoms with E-state index in [9.17, 15) is 17.6 Å². The van der Waals surface area contributed by atoms with E-state index in [2.05, 4.69) is 4.98 Å². The number of carbonyl (C=O) groups excluding carboxylic acids is 1. The molecular weight excluding hydrogens is 397 g/mol. The van der Waals surface area contributed by atoms with Crippen LogP contribution in [0.5, 0.6) is 5.75 Å². The van der Waals surface area contributed by atoms with Crippen molar-refractivity contribution < 1.29 is 22.3 Å². The number of nitrogens with zero attached hydrogens (tertiary/aromatic N) is 3. The van der Waals surface area contributed by atoms with Gasteiger partial charge in [0.25, 0.3) is 10.0 Å². The van der Waals surface area contributed by atoms with Gasteiger partial charge < -0.3 is 4.74 Å². The molecule has 2 heterocycles. The number of pyridine rings is 1. The molecule has 0 saturated carbocycles. The van der Waals surface area contributed by atoms with Gasteiger partial charge in [-0.2, -0.15) is 0 Å². The molecule has 0 aliphatic carbocycles. The van der Waals surface area contributed by atoms with Crippen LogP contribution in [-0.4, -0.2) is 30.8 Å². The van der Waals surface area contributed by atoms with Crippen LogP contribution >= 0.6 is 0 Å². The van der Waals surface area contributed by atoms with Crippen molar-refractivity contribution in [3.8, 4) is 5.75 Å². The molecule has 3 aromatic rings. The largest absolute Gasteiger partial charge is 0.497 e. The van der Waals surface area contributed by atoms with Crippen molar-refractivity contribution in [2.45, 2.75) is 11.4 Å². The molecule has 0 bridgehead atoms. The summed E-state index contributed by atoms with van der Waals surface area (Å²) >= 11 is 0. The molecule has 4 rings (SSSR count). The van der Waals surface area contributed by atoms with Crippen LogP contribution in [0.3, 0.4) is 0 Å². The lowest BCUT2D eigenvalue weighted by molar-refractivity contribution is 0.229. The second-order valence-electron chi connectivity index (χ2n) is 6.29. The van der Waals surface area contributed by atoms with E-state index in [4.69, 9.17) is 4.74 Å². The third-order valence-corrected chi connectivity index (χ3v) is 6.20. The number of halogens is 1. The summed E-state index contributed by atoms with van der Waals surface area (Å²) in [5, 5.41) is 0. The van der Waals surface area contributed by atoms with Gasteiger partial charge in [0.2, 0.25) is 0 Å². The van der Waals surface area contributed by atoms with Gasteiger partial charge in [0.15, 0.2) is 5.82 Å². The Labute approximate surface area is 167 Å². The van der Waals surface area contributed by atoms with Crippen LogP contribution in [0.15, 0.2) is 71.8 Å². The highest BCUT2D eigenvalue weighted by atomic mass is 32.2. The Morgan fingerprint density at radius 1 is 1.07 bits per heavy atom. The maximum Gasteiger partial charge on any atom is 0.344 e. The maximum absolute atomic E-state index is 13.8. The third-order valence-electron chi connectivity index (χ3n) is 4.46. The van der Waals surface area contributed by atoms with Crippen molar-refractivity contribution in [1.29, 1.82) is 0 Å². The van der Waals surface area contributed by atoms with Crippen molar-refractivity contribution in [2.24, 2.45) is 0 Å². The predicted molar refractivity (Wildman–Crippen MR) is 104 cm³/mol. The van der Waals surface area contributed by atoms with Crippen molar-refractivity contribution in [2.75, 3.05) is 12.0 Å². The average molecular weight is 413 g/mol. The van der Waals surface area contributed by atoms with Gasteiger partial charge in [-0.3, -0.25) is 0 Å². The first kappa shape index (κ1) is 18.9. The SMILES string of the molecule is COc1cccc(CN2C(=O)N(c3cccc(F)c3)c3ncccc3S2(=O)=O)c1. The number of hydrogen-bond acceptors (Lipinski definition) is 5. The van der Waals surface area contributed by atoms with Gasteiger partial charge in [-0.05, 0) is 48.0 Å². The lowest BCUT2D eigenvalue weighted by atomic mass is 10.2. The number of anilines is 2. The number of fused-ring (bicyclic) bond motifs is 1. The highest BCUT2D eigenvalue weighted by Crippen LogP contribution is 2.38. The van der Waals surface area contributed by atoms with Crippen molar-refractivity contribution in [1.82, 2.24) is 9.29 Å². The van der Waals surface area contributed by atoms with E-state index in [0.717, 1.165) is 15.3 Å². The monoisotopic (exact) mass is 413 g/mol. The molecule has 1 aliphatic heterocycles. The van der Waals surface area contributed by atoms with Gasteiger partial charge in [0, 0.05) is 6.20 Å². The number of urea groups is 1. The zero-order chi connectivity index (χ0) is 20.6. The molecule has 0 atom stereocenters. The first-order chi connectivity index (χ1) is 13.9. The zero-order valence-electron chi connectivity index (χ0n) is 15.3. The second-order valence-corrected chi connectivity index (χ2v) is 8.12. The van der Waals surface area contributed by atoms with Crippen LogP contribution in [0.2, 0.25) is 0 Å². The molecule has 0 radical (unpaired) electrons. The van der Waals surface area contributed by atoms with Gasteiger partial charge in [0.05, 0.1) is 19.3 Å². The Hall–Kier alpha value is -3.46. The van der Waals surface area contributed by atoms with Crippen LogP contribution in [0.1, 0.15) is 5.56 Å². The van der Waals surface area contributed by atoms with E-state index in [-0.39, 0.29) is 22.9 Å². The fourth-order valence-corrected chi connectivity index (χ4v) is 4.58. The van der Waals surface area contributed by atoms with Gasteiger partial charge >= 0.3 is 6.03 Å². The van der Waals surface area contributed by atoms with Gasteiger partial charge in [-0.25, -0.2) is 31.8 Å². The van der Waals surface area contributed by atoms with Crippen LogP contribution in [-0.2, 0) is 16.6 Å². The number of ether oxygens (including phenoxy) is 1. The Balaban J connectivity index is 1.85. The van der Waals surface area contributed by atoms with Crippen LogP contribution in [0, 0.1) is 5.82 Å². The number of methoxy groups -OCH3 is 1. The fourth-order valence-electron chi connectivity index (χ4n) is 3.11. The summed E-state index contributed by atoms with van der Waals surface area (Å²) in [6, 6.07) is 14.1. The third kappa shape index (κ3) is 3.29. The maximum atomic E-state index is 13.8. The Morgan fingerprint density at radius 2 is 1.86 bits per heavy atom. The lowest BCUT2D eigenvalue weighted by Crippen LogP contribution is -2.48. The van der Waals surface area contributed by atoms with Crippen molar-refractivity contribution in [3.05, 3.63) is 78.2 Å². The Morgan fingerprint density at radius 3 is 2.62 bits per heavy atom. The molecule has 0 unspecified atom stereocenters. The summed E-state index contributed by atoms with van der Waals surface area (Å²) in [6.07, 6.45) is 1.38. The molecule has 1 aromatic heterocycles. The summed E-state index contributed by atoms with van der Waals surface area (Å²) in [5.74, 6) is -0.0843. The number of aromatic nitrogens is 1. The summed E-state index contributed by atoms with van der Waals surface area (Å²) in [5.41, 5.74) is 0.744. The number of sulfonamides is 1. The molecule has 0 fully saturated rings. The smallest absolute Gasteiger partial charge is 0.344 e. The fraction of sp³-hybridized carbons (Fsp3) is 0.100.